The molecule has 0 saturated carbocycles. The molecule has 160 valence electrons. The van der Waals surface area contributed by atoms with Gasteiger partial charge in [-0.05, 0) is 38.1 Å². The van der Waals surface area contributed by atoms with Gasteiger partial charge in [-0.2, -0.15) is 5.10 Å². The first-order valence-electron chi connectivity index (χ1n) is 9.37. The van der Waals surface area contributed by atoms with Crippen LogP contribution in [0.5, 0.6) is 11.5 Å². The fraction of sp³-hybridized carbons (Fsp3) is 0.273. The molecule has 3 aromatic rings. The SMILES string of the molecule is CN=C(NCc1c(C)nn(-c2ccccc2)c1C)Nc1ccc(OC)c(OC)c1.I. The second kappa shape index (κ2) is 10.9. The van der Waals surface area contributed by atoms with Crippen molar-refractivity contribution in [3.63, 3.8) is 0 Å². The molecule has 0 amide bonds. The lowest BCUT2D eigenvalue weighted by Gasteiger charge is -2.14. The van der Waals surface area contributed by atoms with Gasteiger partial charge in [0.1, 0.15) is 0 Å². The maximum absolute atomic E-state index is 5.36. The summed E-state index contributed by atoms with van der Waals surface area (Å²) < 4.78 is 12.6. The van der Waals surface area contributed by atoms with Crippen molar-refractivity contribution in [3.05, 3.63) is 65.5 Å². The van der Waals surface area contributed by atoms with Gasteiger partial charge in [0, 0.05) is 36.6 Å². The smallest absolute Gasteiger partial charge is 0.195 e. The molecule has 0 aliphatic rings. The van der Waals surface area contributed by atoms with E-state index in [0.717, 1.165) is 28.3 Å². The molecule has 0 aliphatic heterocycles. The number of aromatic nitrogens is 2. The zero-order valence-electron chi connectivity index (χ0n) is 17.9. The highest BCUT2D eigenvalue weighted by molar-refractivity contribution is 14.0. The highest BCUT2D eigenvalue weighted by atomic mass is 127. The number of methoxy groups -OCH3 is 2. The molecular formula is C22H28IN5O2. The number of ether oxygens (including phenoxy) is 2. The van der Waals surface area contributed by atoms with Crippen molar-refractivity contribution in [2.45, 2.75) is 20.4 Å². The van der Waals surface area contributed by atoms with Crippen molar-refractivity contribution in [1.29, 1.82) is 0 Å². The number of benzene rings is 2. The number of rotatable bonds is 6. The number of hydrogen-bond acceptors (Lipinski definition) is 4. The van der Waals surface area contributed by atoms with Gasteiger partial charge in [0.25, 0.3) is 0 Å². The van der Waals surface area contributed by atoms with Gasteiger partial charge in [-0.15, -0.1) is 24.0 Å². The Bertz CT molecular complexity index is 1000. The Labute approximate surface area is 194 Å². The molecular weight excluding hydrogens is 493 g/mol. The fourth-order valence-electron chi connectivity index (χ4n) is 3.15. The molecule has 2 aromatic carbocycles. The molecule has 0 bridgehead atoms. The van der Waals surface area contributed by atoms with Crippen LogP contribution < -0.4 is 20.1 Å². The Kier molecular flexibility index (Phi) is 8.52. The maximum Gasteiger partial charge on any atom is 0.195 e. The third-order valence-electron chi connectivity index (χ3n) is 4.74. The summed E-state index contributed by atoms with van der Waals surface area (Å²) >= 11 is 0. The highest BCUT2D eigenvalue weighted by Crippen LogP contribution is 2.29. The van der Waals surface area contributed by atoms with Crippen molar-refractivity contribution in [2.75, 3.05) is 26.6 Å². The molecule has 2 N–H and O–H groups in total. The van der Waals surface area contributed by atoms with Gasteiger partial charge >= 0.3 is 0 Å². The summed E-state index contributed by atoms with van der Waals surface area (Å²) in [6.07, 6.45) is 0. The Morgan fingerprint density at radius 3 is 2.37 bits per heavy atom. The van der Waals surface area contributed by atoms with Crippen LogP contribution in [0.25, 0.3) is 5.69 Å². The summed E-state index contributed by atoms with van der Waals surface area (Å²) in [5, 5.41) is 11.3. The van der Waals surface area contributed by atoms with Crippen molar-refractivity contribution in [2.24, 2.45) is 4.99 Å². The number of para-hydroxylation sites is 1. The summed E-state index contributed by atoms with van der Waals surface area (Å²) in [5.74, 6) is 1.99. The third kappa shape index (κ3) is 5.24. The minimum Gasteiger partial charge on any atom is -0.493 e. The van der Waals surface area contributed by atoms with E-state index in [9.17, 15) is 0 Å². The number of aliphatic imine (C=N–C) groups is 1. The first-order valence-corrected chi connectivity index (χ1v) is 9.37. The predicted molar refractivity (Wildman–Crippen MR) is 132 cm³/mol. The number of halogens is 1. The molecule has 1 aromatic heterocycles. The molecule has 0 aliphatic carbocycles. The maximum atomic E-state index is 5.36. The third-order valence-corrected chi connectivity index (χ3v) is 4.74. The molecule has 0 saturated heterocycles. The lowest BCUT2D eigenvalue weighted by Crippen LogP contribution is -2.30. The van der Waals surface area contributed by atoms with Crippen molar-refractivity contribution < 1.29 is 9.47 Å². The van der Waals surface area contributed by atoms with Crippen molar-refractivity contribution in [3.8, 4) is 17.2 Å². The minimum atomic E-state index is 0. The Morgan fingerprint density at radius 2 is 1.73 bits per heavy atom. The lowest BCUT2D eigenvalue weighted by molar-refractivity contribution is 0.355. The van der Waals surface area contributed by atoms with E-state index in [1.165, 1.54) is 0 Å². The average Bonchev–Trinajstić information content (AvgIpc) is 3.05. The molecule has 0 atom stereocenters. The standard InChI is InChI=1S/C22H27N5O2.HI/c1-15-19(16(2)27(26-15)18-9-7-6-8-10-18)14-24-22(23-3)25-17-11-12-20(28-4)21(13-17)29-5;/h6-13H,14H2,1-5H3,(H2,23,24,25);1H. The molecule has 7 nitrogen and oxygen atoms in total. The van der Waals surface area contributed by atoms with Gasteiger partial charge in [-0.1, -0.05) is 18.2 Å². The summed E-state index contributed by atoms with van der Waals surface area (Å²) in [6.45, 7) is 4.71. The second-order valence-corrected chi connectivity index (χ2v) is 6.52. The van der Waals surface area contributed by atoms with E-state index in [1.807, 2.05) is 60.1 Å². The average molecular weight is 521 g/mol. The topological polar surface area (TPSA) is 72.7 Å². The zero-order chi connectivity index (χ0) is 20.8. The molecule has 0 spiro atoms. The molecule has 3 rings (SSSR count). The van der Waals surface area contributed by atoms with Crippen LogP contribution in [0, 0.1) is 13.8 Å². The van der Waals surface area contributed by atoms with Crippen LogP contribution in [0.15, 0.2) is 53.5 Å². The van der Waals surface area contributed by atoms with Gasteiger partial charge in [0.05, 0.1) is 25.6 Å². The van der Waals surface area contributed by atoms with Crippen LogP contribution in [0.1, 0.15) is 17.0 Å². The Morgan fingerprint density at radius 1 is 1.03 bits per heavy atom. The second-order valence-electron chi connectivity index (χ2n) is 6.52. The number of nitrogens with one attached hydrogen (secondary N) is 2. The Balaban J connectivity index is 0.00000320. The van der Waals surface area contributed by atoms with E-state index in [-0.39, 0.29) is 24.0 Å². The molecule has 0 unspecified atom stereocenters. The predicted octanol–water partition coefficient (Wildman–Crippen LogP) is 4.31. The quantitative estimate of drug-likeness (QED) is 0.288. The number of aryl methyl sites for hydroxylation is 1. The van der Waals surface area contributed by atoms with Crippen molar-refractivity contribution >= 4 is 35.6 Å². The molecule has 30 heavy (non-hydrogen) atoms. The molecule has 0 radical (unpaired) electrons. The monoisotopic (exact) mass is 521 g/mol. The van der Waals surface area contributed by atoms with Gasteiger partial charge < -0.3 is 20.1 Å². The van der Waals surface area contributed by atoms with Crippen molar-refractivity contribution in [1.82, 2.24) is 15.1 Å². The molecule has 0 fully saturated rings. The molecule has 1 heterocycles. The van der Waals surface area contributed by atoms with Crippen LogP contribution in [-0.4, -0.2) is 37.0 Å². The normalized spacial score (nSPS) is 10.9. The highest BCUT2D eigenvalue weighted by Gasteiger charge is 2.13. The van der Waals surface area contributed by atoms with Gasteiger partial charge in [-0.25, -0.2) is 4.68 Å². The lowest BCUT2D eigenvalue weighted by atomic mass is 10.2. The number of hydrogen-bond donors (Lipinski definition) is 2. The van der Waals surface area contributed by atoms with Crippen LogP contribution in [0.2, 0.25) is 0 Å². The van der Waals surface area contributed by atoms with Gasteiger partial charge in [-0.3, -0.25) is 4.99 Å². The Hall–Kier alpha value is -2.75. The summed E-state index contributed by atoms with van der Waals surface area (Å²) in [5.41, 5.74) is 5.13. The summed E-state index contributed by atoms with van der Waals surface area (Å²) in [6, 6.07) is 15.8. The zero-order valence-corrected chi connectivity index (χ0v) is 20.2. The largest absolute Gasteiger partial charge is 0.493 e. The minimum absolute atomic E-state index is 0. The number of anilines is 1. The molecule has 8 heteroatoms. The van der Waals surface area contributed by atoms with Gasteiger partial charge in [0.15, 0.2) is 17.5 Å². The van der Waals surface area contributed by atoms with E-state index in [4.69, 9.17) is 14.6 Å². The van der Waals surface area contributed by atoms with E-state index in [2.05, 4.69) is 22.5 Å². The van der Waals surface area contributed by atoms with Gasteiger partial charge in [0.2, 0.25) is 0 Å². The van der Waals surface area contributed by atoms with Crippen LogP contribution >= 0.6 is 24.0 Å². The van der Waals surface area contributed by atoms with E-state index in [1.54, 1.807) is 21.3 Å². The number of guanidine groups is 1. The number of nitrogens with zero attached hydrogens (tertiary/aromatic N) is 3. The van der Waals surface area contributed by atoms with Crippen LogP contribution in [0.4, 0.5) is 5.69 Å². The van der Waals surface area contributed by atoms with E-state index >= 15 is 0 Å². The van der Waals surface area contributed by atoms with Crippen LogP contribution in [-0.2, 0) is 6.54 Å². The fourth-order valence-corrected chi connectivity index (χ4v) is 3.15. The first kappa shape index (κ1) is 23.5. The van der Waals surface area contributed by atoms with E-state index in [0.29, 0.717) is 24.0 Å². The van der Waals surface area contributed by atoms with Crippen LogP contribution in [0.3, 0.4) is 0 Å². The summed E-state index contributed by atoms with van der Waals surface area (Å²) in [4.78, 5) is 4.32. The summed E-state index contributed by atoms with van der Waals surface area (Å²) in [7, 11) is 4.97. The first-order chi connectivity index (χ1) is 14.1. The van der Waals surface area contributed by atoms with E-state index < -0.39 is 0 Å².